The zero-order valence-corrected chi connectivity index (χ0v) is 12.5. The molecule has 0 atom stereocenters. The van der Waals surface area contributed by atoms with Gasteiger partial charge in [0.15, 0.2) is 11.5 Å². The Hall–Kier alpha value is -2.94. The van der Waals surface area contributed by atoms with Crippen LogP contribution in [0.1, 0.15) is 26.0 Å². The summed E-state index contributed by atoms with van der Waals surface area (Å²) in [5, 5.41) is 22.2. The van der Waals surface area contributed by atoms with Crippen LogP contribution in [0.5, 0.6) is 0 Å². The quantitative estimate of drug-likeness (QED) is 0.884. The first kappa shape index (κ1) is 15.4. The lowest BCUT2D eigenvalue weighted by molar-refractivity contribution is -0.116. The first-order valence-corrected chi connectivity index (χ1v) is 6.97. The molecule has 0 aliphatic heterocycles. The molecule has 2 N–H and O–H groups in total. The van der Waals surface area contributed by atoms with E-state index in [0.717, 1.165) is 11.4 Å². The third-order valence-corrected chi connectivity index (χ3v) is 2.81. The Morgan fingerprint density at radius 3 is 2.36 bits per heavy atom. The van der Waals surface area contributed by atoms with Gasteiger partial charge in [-0.3, -0.25) is 4.79 Å². The lowest BCUT2D eigenvalue weighted by Crippen LogP contribution is -2.13. The summed E-state index contributed by atoms with van der Waals surface area (Å²) in [5.41, 5.74) is 1.84. The SMILES string of the molecule is CC(C)CC(=O)Nc1ccc(Nc2ccc(C#N)nn2)cc1. The number of carbonyl (C=O) groups excluding carboxylic acids is 1. The molecule has 1 heterocycles. The number of nitrogens with zero attached hydrogens (tertiary/aromatic N) is 3. The molecule has 1 amide bonds. The Bertz CT molecular complexity index is 671. The van der Waals surface area contributed by atoms with Crippen LogP contribution in [-0.4, -0.2) is 16.1 Å². The van der Waals surface area contributed by atoms with Crippen molar-refractivity contribution in [3.05, 3.63) is 42.1 Å². The number of nitriles is 1. The summed E-state index contributed by atoms with van der Waals surface area (Å²) in [6.45, 7) is 4.01. The van der Waals surface area contributed by atoms with Crippen molar-refractivity contribution in [1.29, 1.82) is 5.26 Å². The van der Waals surface area contributed by atoms with E-state index in [9.17, 15) is 4.79 Å². The van der Waals surface area contributed by atoms with E-state index in [2.05, 4.69) is 20.8 Å². The third kappa shape index (κ3) is 4.56. The first-order valence-electron chi connectivity index (χ1n) is 6.97. The highest BCUT2D eigenvalue weighted by Crippen LogP contribution is 2.17. The van der Waals surface area contributed by atoms with Gasteiger partial charge in [-0.2, -0.15) is 5.26 Å². The van der Waals surface area contributed by atoms with Gasteiger partial charge in [0.05, 0.1) is 0 Å². The zero-order valence-electron chi connectivity index (χ0n) is 12.5. The number of benzene rings is 1. The van der Waals surface area contributed by atoms with Crippen LogP contribution < -0.4 is 10.6 Å². The van der Waals surface area contributed by atoms with Crippen molar-refractivity contribution in [2.24, 2.45) is 5.92 Å². The number of anilines is 3. The Morgan fingerprint density at radius 1 is 1.14 bits per heavy atom. The van der Waals surface area contributed by atoms with E-state index >= 15 is 0 Å². The Balaban J connectivity index is 1.96. The molecule has 0 spiro atoms. The molecule has 2 aromatic rings. The van der Waals surface area contributed by atoms with Gasteiger partial charge in [0.1, 0.15) is 6.07 Å². The minimum Gasteiger partial charge on any atom is -0.339 e. The number of carbonyl (C=O) groups is 1. The minimum atomic E-state index is 0.00803. The third-order valence-electron chi connectivity index (χ3n) is 2.81. The molecule has 112 valence electrons. The topological polar surface area (TPSA) is 90.7 Å². The van der Waals surface area contributed by atoms with Crippen molar-refractivity contribution in [3.63, 3.8) is 0 Å². The maximum atomic E-state index is 11.7. The standard InChI is InChI=1S/C16H17N5O/c1-11(2)9-16(22)19-13-5-3-12(4-6-13)18-15-8-7-14(10-17)20-21-15/h3-8,11H,9H2,1-2H3,(H,18,21)(H,19,22). The van der Waals surface area contributed by atoms with Crippen molar-refractivity contribution >= 4 is 23.1 Å². The summed E-state index contributed by atoms with van der Waals surface area (Å²) < 4.78 is 0. The van der Waals surface area contributed by atoms with Gasteiger partial charge in [0, 0.05) is 17.8 Å². The molecule has 0 saturated carbocycles. The summed E-state index contributed by atoms with van der Waals surface area (Å²) in [7, 11) is 0. The van der Waals surface area contributed by atoms with Crippen molar-refractivity contribution in [2.45, 2.75) is 20.3 Å². The second kappa shape index (κ2) is 7.18. The summed E-state index contributed by atoms with van der Waals surface area (Å²) in [6, 6.07) is 12.5. The van der Waals surface area contributed by atoms with Gasteiger partial charge in [0.2, 0.25) is 5.91 Å². The fraction of sp³-hybridized carbons (Fsp3) is 0.250. The van der Waals surface area contributed by atoms with E-state index in [4.69, 9.17) is 5.26 Å². The highest BCUT2D eigenvalue weighted by atomic mass is 16.1. The number of rotatable bonds is 5. The average molecular weight is 295 g/mol. The number of hydrogen-bond acceptors (Lipinski definition) is 5. The van der Waals surface area contributed by atoms with Crippen molar-refractivity contribution in [1.82, 2.24) is 10.2 Å². The van der Waals surface area contributed by atoms with E-state index in [1.54, 1.807) is 12.1 Å². The smallest absolute Gasteiger partial charge is 0.224 e. The van der Waals surface area contributed by atoms with Gasteiger partial charge in [-0.25, -0.2) is 0 Å². The largest absolute Gasteiger partial charge is 0.339 e. The van der Waals surface area contributed by atoms with Crippen LogP contribution in [0, 0.1) is 17.2 Å². The molecule has 0 saturated heterocycles. The Kier molecular flexibility index (Phi) is 5.04. The van der Waals surface area contributed by atoms with Crippen LogP contribution in [0.4, 0.5) is 17.2 Å². The van der Waals surface area contributed by atoms with E-state index in [0.29, 0.717) is 18.2 Å². The zero-order chi connectivity index (χ0) is 15.9. The lowest BCUT2D eigenvalue weighted by atomic mass is 10.1. The molecule has 0 aliphatic carbocycles. The van der Waals surface area contributed by atoms with Crippen LogP contribution in [0.3, 0.4) is 0 Å². The van der Waals surface area contributed by atoms with Gasteiger partial charge in [-0.15, -0.1) is 10.2 Å². The lowest BCUT2D eigenvalue weighted by Gasteiger charge is -2.09. The van der Waals surface area contributed by atoms with Gasteiger partial charge in [0.25, 0.3) is 0 Å². The first-order chi connectivity index (χ1) is 10.6. The van der Waals surface area contributed by atoms with Crippen LogP contribution in [0.25, 0.3) is 0 Å². The molecule has 0 bridgehead atoms. The van der Waals surface area contributed by atoms with Crippen LogP contribution in [-0.2, 0) is 4.79 Å². The van der Waals surface area contributed by atoms with Gasteiger partial charge >= 0.3 is 0 Å². The monoisotopic (exact) mass is 295 g/mol. The molecule has 0 aliphatic rings. The minimum absolute atomic E-state index is 0.00803. The Morgan fingerprint density at radius 2 is 1.82 bits per heavy atom. The molecule has 6 heteroatoms. The number of aromatic nitrogens is 2. The average Bonchev–Trinajstić information content (AvgIpc) is 2.49. The van der Waals surface area contributed by atoms with E-state index in [-0.39, 0.29) is 11.6 Å². The molecule has 2 rings (SSSR count). The van der Waals surface area contributed by atoms with E-state index in [1.165, 1.54) is 0 Å². The number of hydrogen-bond donors (Lipinski definition) is 2. The van der Waals surface area contributed by atoms with Crippen LogP contribution >= 0.6 is 0 Å². The van der Waals surface area contributed by atoms with Crippen molar-refractivity contribution in [3.8, 4) is 6.07 Å². The summed E-state index contributed by atoms with van der Waals surface area (Å²) in [5.74, 6) is 0.889. The molecular weight excluding hydrogens is 278 g/mol. The molecule has 1 aromatic heterocycles. The highest BCUT2D eigenvalue weighted by molar-refractivity contribution is 5.91. The van der Waals surface area contributed by atoms with E-state index < -0.39 is 0 Å². The van der Waals surface area contributed by atoms with Crippen molar-refractivity contribution in [2.75, 3.05) is 10.6 Å². The predicted molar refractivity (Wildman–Crippen MR) is 84.6 cm³/mol. The van der Waals surface area contributed by atoms with Crippen LogP contribution in [0.15, 0.2) is 36.4 Å². The molecule has 22 heavy (non-hydrogen) atoms. The molecule has 0 fully saturated rings. The van der Waals surface area contributed by atoms with Crippen LogP contribution in [0.2, 0.25) is 0 Å². The molecule has 6 nitrogen and oxygen atoms in total. The maximum absolute atomic E-state index is 11.7. The normalized spacial score (nSPS) is 10.1. The predicted octanol–water partition coefficient (Wildman–Crippen LogP) is 3.08. The van der Waals surface area contributed by atoms with Gasteiger partial charge < -0.3 is 10.6 Å². The number of nitrogens with one attached hydrogen (secondary N) is 2. The second-order valence-corrected chi connectivity index (χ2v) is 5.26. The molecular formula is C16H17N5O. The number of amides is 1. The summed E-state index contributed by atoms with van der Waals surface area (Å²) in [6.07, 6.45) is 0.501. The molecule has 0 radical (unpaired) electrons. The summed E-state index contributed by atoms with van der Waals surface area (Å²) >= 11 is 0. The van der Waals surface area contributed by atoms with E-state index in [1.807, 2.05) is 44.2 Å². The second-order valence-electron chi connectivity index (χ2n) is 5.26. The van der Waals surface area contributed by atoms with Crippen molar-refractivity contribution < 1.29 is 4.79 Å². The fourth-order valence-corrected chi connectivity index (χ4v) is 1.83. The fourth-order valence-electron chi connectivity index (χ4n) is 1.83. The highest BCUT2D eigenvalue weighted by Gasteiger charge is 2.05. The molecule has 0 unspecified atom stereocenters. The van der Waals surface area contributed by atoms with Gasteiger partial charge in [-0.05, 0) is 42.3 Å². The van der Waals surface area contributed by atoms with Gasteiger partial charge in [-0.1, -0.05) is 13.8 Å². The molecule has 1 aromatic carbocycles. The summed E-state index contributed by atoms with van der Waals surface area (Å²) in [4.78, 5) is 11.7. The Labute approximate surface area is 129 Å². The maximum Gasteiger partial charge on any atom is 0.224 e.